The molecule has 3 aromatic rings. The molecular weight excluding hydrogens is 544 g/mol. The van der Waals surface area contributed by atoms with Crippen LogP contribution in [0.15, 0.2) is 72.8 Å². The van der Waals surface area contributed by atoms with Gasteiger partial charge in [-0.2, -0.15) is 0 Å². The van der Waals surface area contributed by atoms with Gasteiger partial charge in [-0.05, 0) is 79.1 Å². The molecule has 0 aliphatic heterocycles. The molecule has 1 unspecified atom stereocenters. The number of rotatable bonds is 13. The van der Waals surface area contributed by atoms with Crippen LogP contribution in [0.3, 0.4) is 0 Å². The van der Waals surface area contributed by atoms with Crippen LogP contribution < -0.4 is 19.3 Å². The van der Waals surface area contributed by atoms with Crippen molar-refractivity contribution in [3.8, 4) is 17.2 Å². The Morgan fingerprint density at radius 1 is 0.769 bits per heavy atom. The second-order valence-electron chi connectivity index (χ2n) is 8.70. The van der Waals surface area contributed by atoms with E-state index >= 15 is 0 Å². The van der Waals surface area contributed by atoms with Crippen molar-refractivity contribution in [2.24, 2.45) is 5.92 Å². The van der Waals surface area contributed by atoms with Crippen molar-refractivity contribution in [2.75, 3.05) is 13.2 Å². The van der Waals surface area contributed by atoms with Gasteiger partial charge in [0, 0.05) is 16.5 Å². The Bertz CT molecular complexity index is 1140. The van der Waals surface area contributed by atoms with Crippen LogP contribution in [-0.4, -0.2) is 38.6 Å². The molecule has 0 aliphatic rings. The van der Waals surface area contributed by atoms with Crippen molar-refractivity contribution in [3.05, 3.63) is 88.4 Å². The molecule has 11 heteroatoms. The molecule has 1 atom stereocenters. The first-order valence-corrected chi connectivity index (χ1v) is 13.2. The SMILES string of the molecule is CCOC(=O)C(NC(=O)OCCc1ccc(OB(Oc2ccc(Cl)cc2)Oc2ccc(Cl)cc2)cc1)C(C)C. The molecule has 206 valence electrons. The predicted molar refractivity (Wildman–Crippen MR) is 150 cm³/mol. The van der Waals surface area contributed by atoms with Crippen molar-refractivity contribution < 1.29 is 33.0 Å². The number of ether oxygens (including phenoxy) is 2. The number of carbonyl (C=O) groups excluding carboxylic acids is 2. The maximum atomic E-state index is 12.2. The van der Waals surface area contributed by atoms with Crippen molar-refractivity contribution in [3.63, 3.8) is 0 Å². The highest BCUT2D eigenvalue weighted by atomic mass is 35.5. The lowest BCUT2D eigenvalue weighted by Crippen LogP contribution is -2.45. The summed E-state index contributed by atoms with van der Waals surface area (Å²) in [7, 11) is -1.10. The standard InChI is InChI=1S/C28H30BCl2NO7/c1-4-35-27(33)26(19(2)3)32-28(34)36-18-17-20-5-11-23(12-6-20)37-29(38-24-13-7-21(30)8-14-24)39-25-15-9-22(31)10-16-25/h5-16,19,26H,4,17-18H2,1-3H3,(H,32,34). The van der Waals surface area contributed by atoms with Crippen LogP contribution in [0.25, 0.3) is 0 Å². The predicted octanol–water partition coefficient (Wildman–Crippen LogP) is 6.37. The summed E-state index contributed by atoms with van der Waals surface area (Å²) >= 11 is 11.9. The van der Waals surface area contributed by atoms with Crippen molar-refractivity contribution in [1.29, 1.82) is 0 Å². The summed E-state index contributed by atoms with van der Waals surface area (Å²) in [5.41, 5.74) is 0.912. The van der Waals surface area contributed by atoms with Gasteiger partial charge < -0.3 is 28.8 Å². The molecule has 0 fully saturated rings. The second kappa shape index (κ2) is 15.1. The molecule has 3 aromatic carbocycles. The number of hydrogen-bond acceptors (Lipinski definition) is 7. The topological polar surface area (TPSA) is 92.3 Å². The van der Waals surface area contributed by atoms with Gasteiger partial charge in [0.05, 0.1) is 13.2 Å². The van der Waals surface area contributed by atoms with Crippen LogP contribution in [0.2, 0.25) is 10.0 Å². The smallest absolute Gasteiger partial charge is 0.490 e. The molecule has 0 saturated heterocycles. The molecule has 0 saturated carbocycles. The third-order valence-corrected chi connectivity index (χ3v) is 5.86. The van der Waals surface area contributed by atoms with Gasteiger partial charge in [-0.15, -0.1) is 0 Å². The third kappa shape index (κ3) is 10.3. The summed E-state index contributed by atoms with van der Waals surface area (Å²) in [5.74, 6) is 0.888. The van der Waals surface area contributed by atoms with E-state index in [0.29, 0.717) is 33.7 Å². The van der Waals surface area contributed by atoms with Gasteiger partial charge in [0.15, 0.2) is 0 Å². The highest BCUT2D eigenvalue weighted by Gasteiger charge is 2.30. The van der Waals surface area contributed by atoms with E-state index in [2.05, 4.69) is 5.32 Å². The summed E-state index contributed by atoms with van der Waals surface area (Å²) < 4.78 is 27.9. The van der Waals surface area contributed by atoms with Crippen LogP contribution >= 0.6 is 23.2 Å². The Kier molecular flexibility index (Phi) is 11.6. The number of hydrogen-bond donors (Lipinski definition) is 1. The molecule has 0 aromatic heterocycles. The van der Waals surface area contributed by atoms with Crippen molar-refractivity contribution >= 4 is 42.6 Å². The number of esters is 1. The van der Waals surface area contributed by atoms with E-state index < -0.39 is 25.4 Å². The molecule has 8 nitrogen and oxygen atoms in total. The molecule has 1 N–H and O–H groups in total. The summed E-state index contributed by atoms with van der Waals surface area (Å²) in [6.45, 7) is 5.71. The van der Waals surface area contributed by atoms with E-state index in [4.69, 9.17) is 46.6 Å². The zero-order valence-corrected chi connectivity index (χ0v) is 23.4. The van der Waals surface area contributed by atoms with Gasteiger partial charge in [0.1, 0.15) is 23.3 Å². The van der Waals surface area contributed by atoms with Gasteiger partial charge in [0.25, 0.3) is 0 Å². The fourth-order valence-corrected chi connectivity index (χ4v) is 3.58. The van der Waals surface area contributed by atoms with Gasteiger partial charge in [0.2, 0.25) is 0 Å². The van der Waals surface area contributed by atoms with Gasteiger partial charge >= 0.3 is 19.4 Å². The Hall–Kier alpha value is -3.56. The average molecular weight is 574 g/mol. The molecule has 39 heavy (non-hydrogen) atoms. The normalized spacial score (nSPS) is 11.3. The minimum absolute atomic E-state index is 0.127. The minimum atomic E-state index is -1.10. The number of halogens is 2. The molecule has 0 bridgehead atoms. The summed E-state index contributed by atoms with van der Waals surface area (Å²) in [6, 6.07) is 20.1. The quantitative estimate of drug-likeness (QED) is 0.187. The fourth-order valence-electron chi connectivity index (χ4n) is 3.33. The van der Waals surface area contributed by atoms with Crippen molar-refractivity contribution in [1.82, 2.24) is 5.32 Å². The number of amides is 1. The molecule has 0 spiro atoms. The lowest BCUT2D eigenvalue weighted by atomic mass is 10.1. The highest BCUT2D eigenvalue weighted by Crippen LogP contribution is 2.22. The molecule has 3 rings (SSSR count). The average Bonchev–Trinajstić information content (AvgIpc) is 2.91. The van der Waals surface area contributed by atoms with E-state index in [1.165, 1.54) is 0 Å². The second-order valence-corrected chi connectivity index (χ2v) is 9.57. The molecule has 1 amide bonds. The maximum Gasteiger partial charge on any atom is 0.864 e. The Labute approximate surface area is 238 Å². The van der Waals surface area contributed by atoms with E-state index in [0.717, 1.165) is 5.56 Å². The molecule has 0 heterocycles. The number of nitrogens with one attached hydrogen (secondary N) is 1. The summed E-state index contributed by atoms with van der Waals surface area (Å²) in [6.07, 6.45) is -0.214. The minimum Gasteiger partial charge on any atom is -0.490 e. The Morgan fingerprint density at radius 2 is 1.23 bits per heavy atom. The largest absolute Gasteiger partial charge is 0.864 e. The number of alkyl carbamates (subject to hydrolysis) is 1. The van der Waals surface area contributed by atoms with E-state index in [1.807, 2.05) is 26.0 Å². The van der Waals surface area contributed by atoms with Crippen molar-refractivity contribution in [2.45, 2.75) is 33.2 Å². The zero-order chi connectivity index (χ0) is 28.2. The van der Waals surface area contributed by atoms with E-state index in [9.17, 15) is 9.59 Å². The van der Waals surface area contributed by atoms with Crippen LogP contribution in [0, 0.1) is 5.92 Å². The van der Waals surface area contributed by atoms with E-state index in [-0.39, 0.29) is 19.1 Å². The highest BCUT2D eigenvalue weighted by molar-refractivity contribution is 6.39. The number of carbonyl (C=O) groups is 2. The first-order chi connectivity index (χ1) is 18.7. The first-order valence-electron chi connectivity index (χ1n) is 12.4. The third-order valence-electron chi connectivity index (χ3n) is 5.35. The first kappa shape index (κ1) is 30.0. The Balaban J connectivity index is 1.55. The fraction of sp³-hybridized carbons (Fsp3) is 0.286. The lowest BCUT2D eigenvalue weighted by Gasteiger charge is -2.20. The zero-order valence-electron chi connectivity index (χ0n) is 21.9. The van der Waals surface area contributed by atoms with Gasteiger partial charge in [-0.25, -0.2) is 9.59 Å². The molecular formula is C28H30BCl2NO7. The van der Waals surface area contributed by atoms with Gasteiger partial charge in [-0.1, -0.05) is 49.2 Å². The van der Waals surface area contributed by atoms with Crippen LogP contribution in [0.1, 0.15) is 26.3 Å². The summed E-state index contributed by atoms with van der Waals surface area (Å²) in [5, 5.41) is 3.72. The molecule has 0 aliphatic carbocycles. The maximum absolute atomic E-state index is 12.2. The Morgan fingerprint density at radius 3 is 1.67 bits per heavy atom. The summed E-state index contributed by atoms with van der Waals surface area (Å²) in [4.78, 5) is 24.2. The van der Waals surface area contributed by atoms with Crippen LogP contribution in [0.4, 0.5) is 4.79 Å². The van der Waals surface area contributed by atoms with E-state index in [1.54, 1.807) is 67.6 Å². The number of benzene rings is 3. The van der Waals surface area contributed by atoms with Gasteiger partial charge in [-0.3, -0.25) is 0 Å². The molecule has 0 radical (unpaired) electrons. The van der Waals surface area contributed by atoms with Crippen LogP contribution in [-0.2, 0) is 20.7 Å². The lowest BCUT2D eigenvalue weighted by molar-refractivity contribution is -0.146. The monoisotopic (exact) mass is 573 g/mol. The van der Waals surface area contributed by atoms with Crippen LogP contribution in [0.5, 0.6) is 17.2 Å².